The molecular formula is C23H40IN5O. The van der Waals surface area contributed by atoms with Crippen LogP contribution in [0.5, 0.6) is 0 Å². The minimum absolute atomic E-state index is 0. The van der Waals surface area contributed by atoms with Gasteiger partial charge in [-0.05, 0) is 63.4 Å². The monoisotopic (exact) mass is 529 g/mol. The third kappa shape index (κ3) is 9.20. The highest BCUT2D eigenvalue weighted by atomic mass is 127. The fourth-order valence-electron chi connectivity index (χ4n) is 3.80. The first-order chi connectivity index (χ1) is 14.2. The van der Waals surface area contributed by atoms with E-state index in [1.165, 1.54) is 45.2 Å². The van der Waals surface area contributed by atoms with E-state index in [4.69, 9.17) is 4.99 Å². The average molecular weight is 530 g/mol. The molecule has 1 saturated heterocycles. The van der Waals surface area contributed by atoms with Crippen LogP contribution in [0, 0.1) is 0 Å². The van der Waals surface area contributed by atoms with Crippen LogP contribution in [0.25, 0.3) is 0 Å². The van der Waals surface area contributed by atoms with Gasteiger partial charge in [-0.25, -0.2) is 0 Å². The van der Waals surface area contributed by atoms with Gasteiger partial charge in [-0.2, -0.15) is 0 Å². The lowest BCUT2D eigenvalue weighted by molar-refractivity contribution is 0.0963. The molecule has 170 valence electrons. The summed E-state index contributed by atoms with van der Waals surface area (Å²) in [6.07, 6.45) is 7.25. The first-order valence-electron chi connectivity index (χ1n) is 11.2. The number of benzene rings is 1. The van der Waals surface area contributed by atoms with Gasteiger partial charge >= 0.3 is 0 Å². The molecule has 2 rings (SSSR count). The third-order valence-electron chi connectivity index (χ3n) is 5.47. The van der Waals surface area contributed by atoms with Crippen LogP contribution < -0.4 is 16.0 Å². The quantitative estimate of drug-likeness (QED) is 0.247. The normalized spacial score (nSPS) is 17.2. The van der Waals surface area contributed by atoms with Crippen molar-refractivity contribution in [1.29, 1.82) is 0 Å². The van der Waals surface area contributed by atoms with Gasteiger partial charge in [0.05, 0.1) is 6.54 Å². The van der Waals surface area contributed by atoms with Crippen LogP contribution >= 0.6 is 24.0 Å². The molecule has 0 bridgehead atoms. The molecule has 1 aromatic carbocycles. The van der Waals surface area contributed by atoms with Crippen LogP contribution in [0.15, 0.2) is 29.3 Å². The lowest BCUT2D eigenvalue weighted by atomic mass is 10.0. The van der Waals surface area contributed by atoms with E-state index in [2.05, 4.69) is 40.8 Å². The molecule has 0 saturated carbocycles. The highest BCUT2D eigenvalue weighted by molar-refractivity contribution is 14.0. The van der Waals surface area contributed by atoms with Gasteiger partial charge in [0.25, 0.3) is 5.91 Å². The minimum Gasteiger partial charge on any atom is -0.357 e. The second-order valence-electron chi connectivity index (χ2n) is 7.72. The molecule has 30 heavy (non-hydrogen) atoms. The van der Waals surface area contributed by atoms with Crippen molar-refractivity contribution in [2.24, 2.45) is 4.99 Å². The summed E-state index contributed by atoms with van der Waals surface area (Å²) in [5, 5.41) is 9.49. The average Bonchev–Trinajstić information content (AvgIpc) is 2.76. The van der Waals surface area contributed by atoms with Crippen molar-refractivity contribution in [1.82, 2.24) is 20.9 Å². The van der Waals surface area contributed by atoms with Gasteiger partial charge < -0.3 is 16.0 Å². The van der Waals surface area contributed by atoms with Gasteiger partial charge in [0.2, 0.25) is 0 Å². The highest BCUT2D eigenvalue weighted by Gasteiger charge is 2.21. The highest BCUT2D eigenvalue weighted by Crippen LogP contribution is 2.17. The number of nitrogens with zero attached hydrogens (tertiary/aromatic N) is 2. The molecule has 6 nitrogen and oxygen atoms in total. The van der Waals surface area contributed by atoms with Crippen LogP contribution in [0.3, 0.4) is 0 Å². The second kappa shape index (κ2) is 15.5. The maximum atomic E-state index is 11.8. The minimum atomic E-state index is -0.0465. The molecule has 1 amide bonds. The fourth-order valence-corrected chi connectivity index (χ4v) is 3.80. The van der Waals surface area contributed by atoms with Gasteiger partial charge in [0.1, 0.15) is 0 Å². The number of rotatable bonds is 10. The summed E-state index contributed by atoms with van der Waals surface area (Å²) < 4.78 is 0. The molecule has 1 atom stereocenters. The number of halogens is 1. The lowest BCUT2D eigenvalue weighted by Gasteiger charge is -2.35. The van der Waals surface area contributed by atoms with E-state index in [1.54, 1.807) is 7.05 Å². The first kappa shape index (κ1) is 26.7. The smallest absolute Gasteiger partial charge is 0.251 e. The molecule has 1 aliphatic rings. The number of likely N-dealkylation sites (tertiary alicyclic amines) is 1. The number of aliphatic imine (C=N–C) groups is 1. The SMILES string of the molecule is CCCCN1CCCCC1CN=C(NCC)NCCc1cccc(C(=O)NC)c1.I. The molecule has 0 aromatic heterocycles. The molecule has 0 aliphatic carbocycles. The van der Waals surface area contributed by atoms with Crippen molar-refractivity contribution in [3.8, 4) is 0 Å². The predicted octanol–water partition coefficient (Wildman–Crippen LogP) is 3.42. The maximum Gasteiger partial charge on any atom is 0.251 e. The Bertz CT molecular complexity index is 652. The summed E-state index contributed by atoms with van der Waals surface area (Å²) in [6, 6.07) is 8.36. The van der Waals surface area contributed by atoms with E-state index in [9.17, 15) is 4.79 Å². The van der Waals surface area contributed by atoms with Crippen LogP contribution in [-0.4, -0.2) is 62.6 Å². The van der Waals surface area contributed by atoms with Crippen LogP contribution in [0.4, 0.5) is 0 Å². The zero-order valence-electron chi connectivity index (χ0n) is 18.9. The van der Waals surface area contributed by atoms with Gasteiger partial charge in [-0.3, -0.25) is 14.7 Å². The first-order valence-corrected chi connectivity index (χ1v) is 11.2. The van der Waals surface area contributed by atoms with Gasteiger partial charge in [0, 0.05) is 31.7 Å². The number of hydrogen-bond donors (Lipinski definition) is 3. The molecule has 0 radical (unpaired) electrons. The zero-order valence-corrected chi connectivity index (χ0v) is 21.2. The molecule has 1 aromatic rings. The topological polar surface area (TPSA) is 68.8 Å². The van der Waals surface area contributed by atoms with Crippen LogP contribution in [0.2, 0.25) is 0 Å². The van der Waals surface area contributed by atoms with Crippen molar-refractivity contribution >= 4 is 35.8 Å². The fraction of sp³-hybridized carbons (Fsp3) is 0.652. The maximum absolute atomic E-state index is 11.8. The van der Waals surface area contributed by atoms with Gasteiger partial charge in [0.15, 0.2) is 5.96 Å². The van der Waals surface area contributed by atoms with E-state index in [1.807, 2.05) is 18.2 Å². The Morgan fingerprint density at radius 1 is 1.23 bits per heavy atom. The van der Waals surface area contributed by atoms with E-state index in [0.29, 0.717) is 11.6 Å². The summed E-state index contributed by atoms with van der Waals surface area (Å²) in [6.45, 7) is 9.25. The molecule has 7 heteroatoms. The van der Waals surface area contributed by atoms with Gasteiger partial charge in [-0.1, -0.05) is 31.9 Å². The molecule has 0 spiro atoms. The number of unbranched alkanes of at least 4 members (excludes halogenated alkanes) is 1. The standard InChI is InChI=1S/C23H39N5O.HI/c1-4-6-15-28-16-8-7-12-21(28)18-27-23(25-5-2)26-14-13-19-10-9-11-20(17-19)22(29)24-3;/h9-11,17,21H,4-8,12-16,18H2,1-3H3,(H,24,29)(H2,25,26,27);1H. The summed E-state index contributed by atoms with van der Waals surface area (Å²) in [5.74, 6) is 0.839. The van der Waals surface area contributed by atoms with Crippen molar-refractivity contribution in [3.63, 3.8) is 0 Å². The largest absolute Gasteiger partial charge is 0.357 e. The number of hydrogen-bond acceptors (Lipinski definition) is 3. The Hall–Kier alpha value is -1.35. The van der Waals surface area contributed by atoms with Gasteiger partial charge in [-0.15, -0.1) is 24.0 Å². The Kier molecular flexibility index (Phi) is 13.7. The summed E-state index contributed by atoms with van der Waals surface area (Å²) >= 11 is 0. The number of guanidine groups is 1. The van der Waals surface area contributed by atoms with Crippen molar-refractivity contribution in [3.05, 3.63) is 35.4 Å². The van der Waals surface area contributed by atoms with E-state index < -0.39 is 0 Å². The number of carbonyl (C=O) groups excluding carboxylic acids is 1. The molecular weight excluding hydrogens is 489 g/mol. The zero-order chi connectivity index (χ0) is 20.9. The van der Waals surface area contributed by atoms with Crippen LogP contribution in [0.1, 0.15) is 61.9 Å². The van der Waals surface area contributed by atoms with Crippen molar-refractivity contribution in [2.75, 3.05) is 39.8 Å². The Morgan fingerprint density at radius 3 is 2.80 bits per heavy atom. The molecule has 1 fully saturated rings. The van der Waals surface area contributed by atoms with Crippen molar-refractivity contribution in [2.45, 2.75) is 58.4 Å². The number of piperidine rings is 1. The summed E-state index contributed by atoms with van der Waals surface area (Å²) in [4.78, 5) is 19.3. The predicted molar refractivity (Wildman–Crippen MR) is 137 cm³/mol. The molecule has 1 unspecified atom stereocenters. The van der Waals surface area contributed by atoms with E-state index in [0.717, 1.165) is 37.6 Å². The summed E-state index contributed by atoms with van der Waals surface area (Å²) in [7, 11) is 1.66. The van der Waals surface area contributed by atoms with Crippen molar-refractivity contribution < 1.29 is 4.79 Å². The Balaban J connectivity index is 0.00000450. The number of amides is 1. The molecule has 3 N–H and O–H groups in total. The second-order valence-corrected chi connectivity index (χ2v) is 7.72. The molecule has 1 aliphatic heterocycles. The number of nitrogens with one attached hydrogen (secondary N) is 3. The Morgan fingerprint density at radius 2 is 2.07 bits per heavy atom. The lowest BCUT2D eigenvalue weighted by Crippen LogP contribution is -2.44. The van der Waals surface area contributed by atoms with E-state index >= 15 is 0 Å². The molecule has 1 heterocycles. The number of carbonyl (C=O) groups is 1. The van der Waals surface area contributed by atoms with Crippen LogP contribution in [-0.2, 0) is 6.42 Å². The summed E-state index contributed by atoms with van der Waals surface area (Å²) in [5.41, 5.74) is 1.85. The van der Waals surface area contributed by atoms with E-state index in [-0.39, 0.29) is 29.9 Å². The third-order valence-corrected chi connectivity index (χ3v) is 5.47. The Labute approximate surface area is 199 Å².